The molecule has 0 N–H and O–H groups in total. The summed E-state index contributed by atoms with van der Waals surface area (Å²) in [5.74, 6) is -0.596. The van der Waals surface area contributed by atoms with Crippen LogP contribution in [0.5, 0.6) is 0 Å². The van der Waals surface area contributed by atoms with Crippen LogP contribution in [-0.4, -0.2) is 42.9 Å². The molecule has 0 bridgehead atoms. The third-order valence-corrected chi connectivity index (χ3v) is 3.25. The Labute approximate surface area is 127 Å². The molecule has 0 saturated carbocycles. The molecule has 1 saturated heterocycles. The van der Waals surface area contributed by atoms with Gasteiger partial charge in [0.2, 0.25) is 5.91 Å². The van der Waals surface area contributed by atoms with Crippen molar-refractivity contribution < 1.29 is 23.6 Å². The fraction of sp³-hybridized carbons (Fsp3) is 0.400. The largest absolute Gasteiger partial charge is 0.447 e. The van der Waals surface area contributed by atoms with Crippen LogP contribution in [-0.2, 0) is 14.4 Å². The van der Waals surface area contributed by atoms with Crippen molar-refractivity contribution in [2.24, 2.45) is 5.16 Å². The number of benzene rings is 1. The van der Waals surface area contributed by atoms with E-state index in [0.29, 0.717) is 25.1 Å². The number of hydrogen-bond donors (Lipinski definition) is 0. The predicted octanol–water partition coefficient (Wildman–Crippen LogP) is 2.33. The highest BCUT2D eigenvalue weighted by molar-refractivity contribution is 6.00. The van der Waals surface area contributed by atoms with E-state index in [0.717, 1.165) is 10.5 Å². The second-order valence-corrected chi connectivity index (χ2v) is 4.74. The highest BCUT2D eigenvalue weighted by atomic mass is 19.1. The van der Waals surface area contributed by atoms with Crippen LogP contribution in [0.2, 0.25) is 0 Å². The first-order valence-electron chi connectivity index (χ1n) is 6.95. The summed E-state index contributed by atoms with van der Waals surface area (Å²) in [6.45, 7) is 0.547. The van der Waals surface area contributed by atoms with Crippen molar-refractivity contribution in [3.63, 3.8) is 0 Å². The summed E-state index contributed by atoms with van der Waals surface area (Å²) in [6.07, 6.45) is 0.601. The average molecular weight is 308 g/mol. The van der Waals surface area contributed by atoms with Gasteiger partial charge >= 0.3 is 6.09 Å². The molecule has 0 radical (unpaired) electrons. The smallest absolute Gasteiger partial charge is 0.416 e. The van der Waals surface area contributed by atoms with E-state index < -0.39 is 6.09 Å². The van der Waals surface area contributed by atoms with Gasteiger partial charge in [0.25, 0.3) is 0 Å². The van der Waals surface area contributed by atoms with E-state index in [4.69, 9.17) is 9.57 Å². The van der Waals surface area contributed by atoms with Gasteiger partial charge in [0.05, 0.1) is 12.3 Å². The summed E-state index contributed by atoms with van der Waals surface area (Å²) in [7, 11) is 1.43. The van der Waals surface area contributed by atoms with E-state index >= 15 is 0 Å². The van der Waals surface area contributed by atoms with E-state index in [1.54, 1.807) is 12.1 Å². The molecule has 7 heteroatoms. The number of halogens is 1. The Morgan fingerprint density at radius 2 is 2.09 bits per heavy atom. The quantitative estimate of drug-likeness (QED) is 0.597. The van der Waals surface area contributed by atoms with Gasteiger partial charge < -0.3 is 9.57 Å². The lowest BCUT2D eigenvalue weighted by Gasteiger charge is -2.11. The molecule has 0 aromatic heterocycles. The van der Waals surface area contributed by atoms with Gasteiger partial charge in [-0.25, -0.2) is 14.1 Å². The Bertz CT molecular complexity index is 571. The fourth-order valence-corrected chi connectivity index (χ4v) is 2.16. The van der Waals surface area contributed by atoms with Gasteiger partial charge in [0.15, 0.2) is 0 Å². The van der Waals surface area contributed by atoms with E-state index in [1.807, 2.05) is 0 Å². The van der Waals surface area contributed by atoms with Crippen molar-refractivity contribution in [2.45, 2.75) is 19.3 Å². The molecule has 6 nitrogen and oxygen atoms in total. The van der Waals surface area contributed by atoms with Crippen LogP contribution in [0.25, 0.3) is 0 Å². The van der Waals surface area contributed by atoms with Crippen LogP contribution in [0.4, 0.5) is 9.18 Å². The van der Waals surface area contributed by atoms with Gasteiger partial charge in [0, 0.05) is 6.42 Å². The number of oxime groups is 1. The number of amides is 2. The van der Waals surface area contributed by atoms with Gasteiger partial charge in [0.1, 0.15) is 19.5 Å². The number of rotatable bonds is 6. The Morgan fingerprint density at radius 3 is 2.68 bits per heavy atom. The number of cyclic esters (lactones) is 1. The lowest BCUT2D eigenvalue weighted by molar-refractivity contribution is -0.127. The summed E-state index contributed by atoms with van der Waals surface area (Å²) in [6, 6.07) is 5.89. The molecule has 2 amide bonds. The van der Waals surface area contributed by atoms with Crippen LogP contribution in [0.15, 0.2) is 29.4 Å². The minimum absolute atomic E-state index is 0.207. The molecule has 1 aromatic carbocycles. The molecule has 2 rings (SSSR count). The number of hydrogen-bond acceptors (Lipinski definition) is 5. The van der Waals surface area contributed by atoms with E-state index in [1.165, 1.54) is 19.2 Å². The summed E-state index contributed by atoms with van der Waals surface area (Å²) < 4.78 is 17.7. The number of nitrogens with zero attached hydrogens (tertiary/aromatic N) is 2. The Morgan fingerprint density at radius 1 is 1.36 bits per heavy atom. The minimum atomic E-state index is -0.589. The molecule has 0 aliphatic carbocycles. The zero-order valence-electron chi connectivity index (χ0n) is 12.3. The molecule has 0 atom stereocenters. The van der Waals surface area contributed by atoms with Crippen molar-refractivity contribution in [2.75, 3.05) is 20.3 Å². The van der Waals surface area contributed by atoms with Crippen molar-refractivity contribution in [3.05, 3.63) is 35.6 Å². The summed E-state index contributed by atoms with van der Waals surface area (Å²) >= 11 is 0. The lowest BCUT2D eigenvalue weighted by Crippen LogP contribution is -2.31. The van der Waals surface area contributed by atoms with Crippen molar-refractivity contribution >= 4 is 17.7 Å². The number of ether oxygens (including phenoxy) is 1. The molecule has 1 aliphatic heterocycles. The van der Waals surface area contributed by atoms with Crippen molar-refractivity contribution in [3.8, 4) is 0 Å². The van der Waals surface area contributed by atoms with Crippen molar-refractivity contribution in [1.29, 1.82) is 0 Å². The first kappa shape index (κ1) is 15.9. The highest BCUT2D eigenvalue weighted by Gasteiger charge is 2.27. The first-order valence-corrected chi connectivity index (χ1v) is 6.95. The Balaban J connectivity index is 1.90. The summed E-state index contributed by atoms with van der Waals surface area (Å²) in [5.41, 5.74) is 1.36. The Hall–Kier alpha value is -2.44. The third-order valence-electron chi connectivity index (χ3n) is 3.25. The molecular formula is C15H17FN2O4. The number of imide groups is 1. The van der Waals surface area contributed by atoms with E-state index in [2.05, 4.69) is 5.16 Å². The molecule has 1 aromatic rings. The van der Waals surface area contributed by atoms with Gasteiger partial charge in [-0.3, -0.25) is 4.79 Å². The van der Waals surface area contributed by atoms with Crippen LogP contribution >= 0.6 is 0 Å². The van der Waals surface area contributed by atoms with Crippen LogP contribution in [0.3, 0.4) is 0 Å². The maximum absolute atomic E-state index is 12.9. The van der Waals surface area contributed by atoms with Gasteiger partial charge in [-0.1, -0.05) is 17.3 Å². The number of carbonyl (C=O) groups excluding carboxylic acids is 2. The summed E-state index contributed by atoms with van der Waals surface area (Å²) in [4.78, 5) is 29.0. The Kier molecular flexibility index (Phi) is 5.46. The minimum Gasteiger partial charge on any atom is -0.447 e. The molecule has 1 heterocycles. The second kappa shape index (κ2) is 7.53. The fourth-order valence-electron chi connectivity index (χ4n) is 2.16. The molecule has 22 heavy (non-hydrogen) atoms. The molecule has 118 valence electrons. The second-order valence-electron chi connectivity index (χ2n) is 4.74. The topological polar surface area (TPSA) is 68.2 Å². The normalized spacial score (nSPS) is 14.9. The van der Waals surface area contributed by atoms with Crippen LogP contribution < -0.4 is 0 Å². The molecule has 1 aliphatic rings. The monoisotopic (exact) mass is 308 g/mol. The molecule has 1 fully saturated rings. The SMILES string of the molecule is CO/N=C(\CCCC(=O)N1CCOC1=O)c1ccc(F)cc1. The average Bonchev–Trinajstić information content (AvgIpc) is 2.93. The molecular weight excluding hydrogens is 291 g/mol. The van der Waals surface area contributed by atoms with Gasteiger partial charge in [-0.15, -0.1) is 0 Å². The highest BCUT2D eigenvalue weighted by Crippen LogP contribution is 2.12. The van der Waals surface area contributed by atoms with E-state index in [9.17, 15) is 14.0 Å². The van der Waals surface area contributed by atoms with E-state index in [-0.39, 0.29) is 24.8 Å². The summed E-state index contributed by atoms with van der Waals surface area (Å²) in [5, 5.41) is 3.91. The number of carbonyl (C=O) groups is 2. The predicted molar refractivity (Wildman–Crippen MR) is 76.9 cm³/mol. The van der Waals surface area contributed by atoms with Crippen LogP contribution in [0, 0.1) is 5.82 Å². The van der Waals surface area contributed by atoms with Crippen molar-refractivity contribution in [1.82, 2.24) is 4.90 Å². The molecule has 0 spiro atoms. The van der Waals surface area contributed by atoms with Gasteiger partial charge in [-0.05, 0) is 30.5 Å². The molecule has 0 unspecified atom stereocenters. The lowest BCUT2D eigenvalue weighted by atomic mass is 10.0. The van der Waals surface area contributed by atoms with Crippen LogP contribution in [0.1, 0.15) is 24.8 Å². The standard InChI is InChI=1S/C15H17FN2O4/c1-21-17-13(11-5-7-12(16)8-6-11)3-2-4-14(19)18-9-10-22-15(18)20/h5-8H,2-4,9-10H2,1H3/b17-13+. The van der Waals surface area contributed by atoms with Gasteiger partial charge in [-0.2, -0.15) is 0 Å². The zero-order chi connectivity index (χ0) is 15.9. The maximum Gasteiger partial charge on any atom is 0.416 e. The third kappa shape index (κ3) is 4.03. The maximum atomic E-state index is 12.9. The first-order chi connectivity index (χ1) is 10.6. The zero-order valence-corrected chi connectivity index (χ0v) is 12.3.